The normalized spacial score (nSPS) is 10.0. The molecule has 2 amide bonds. The number of benzene rings is 2. The van der Waals surface area contributed by atoms with Crippen molar-refractivity contribution in [1.82, 2.24) is 0 Å². The van der Waals surface area contributed by atoms with E-state index in [9.17, 15) is 19.7 Å². The number of amides is 2. The number of nitrogens with one attached hydrogen (secondary N) is 2. The molecule has 2 aromatic rings. The highest BCUT2D eigenvalue weighted by molar-refractivity contribution is 14.1. The number of carbonyl (C=O) groups is 2. The molecule has 2 aromatic carbocycles. The van der Waals surface area contributed by atoms with Crippen LogP contribution in [-0.4, -0.2) is 16.7 Å². The van der Waals surface area contributed by atoms with Crippen LogP contribution in [0.4, 0.5) is 17.1 Å². The van der Waals surface area contributed by atoms with Crippen LogP contribution in [0.2, 0.25) is 5.02 Å². The molecule has 0 aromatic heterocycles. The SMILES string of the molecule is O=C(Nc1ccc(I)cc1)C(=O)Nc1ccc(Cl)c([N+](=O)[O-])c1. The van der Waals surface area contributed by atoms with E-state index in [0.717, 1.165) is 9.64 Å². The van der Waals surface area contributed by atoms with Crippen LogP contribution in [0, 0.1) is 13.7 Å². The molecule has 0 heterocycles. The van der Waals surface area contributed by atoms with Crippen molar-refractivity contribution < 1.29 is 14.5 Å². The summed E-state index contributed by atoms with van der Waals surface area (Å²) in [4.78, 5) is 33.7. The van der Waals surface area contributed by atoms with E-state index in [1.165, 1.54) is 12.1 Å². The Morgan fingerprint density at radius 3 is 2.09 bits per heavy atom. The number of carbonyl (C=O) groups excluding carboxylic acids is 2. The average molecular weight is 446 g/mol. The molecule has 2 N–H and O–H groups in total. The lowest BCUT2D eigenvalue weighted by Gasteiger charge is -2.07. The second kappa shape index (κ2) is 7.38. The molecule has 0 spiro atoms. The Hall–Kier alpha value is -2.20. The molecule has 0 unspecified atom stereocenters. The first-order valence-electron chi connectivity index (χ1n) is 6.18. The lowest BCUT2D eigenvalue weighted by Crippen LogP contribution is -2.29. The van der Waals surface area contributed by atoms with Crippen LogP contribution in [-0.2, 0) is 9.59 Å². The van der Waals surface area contributed by atoms with Gasteiger partial charge in [-0.1, -0.05) is 11.6 Å². The summed E-state index contributed by atoms with van der Waals surface area (Å²) in [5, 5.41) is 15.4. The molecule has 0 saturated heterocycles. The second-order valence-corrected chi connectivity index (χ2v) is 5.99. The van der Waals surface area contributed by atoms with Gasteiger partial charge in [-0.3, -0.25) is 19.7 Å². The number of nitro benzene ring substituents is 1. The lowest BCUT2D eigenvalue weighted by atomic mass is 10.2. The Morgan fingerprint density at radius 2 is 1.52 bits per heavy atom. The van der Waals surface area contributed by atoms with Gasteiger partial charge < -0.3 is 10.6 Å². The third kappa shape index (κ3) is 4.63. The van der Waals surface area contributed by atoms with E-state index in [2.05, 4.69) is 33.2 Å². The van der Waals surface area contributed by atoms with Crippen molar-refractivity contribution in [3.8, 4) is 0 Å². The minimum atomic E-state index is -0.944. The number of nitrogens with zero attached hydrogens (tertiary/aromatic N) is 1. The predicted molar refractivity (Wildman–Crippen MR) is 94.5 cm³/mol. The molecule has 118 valence electrons. The standard InChI is InChI=1S/C14H9ClIN3O4/c15-11-6-5-10(7-12(11)19(22)23)18-14(21)13(20)17-9-3-1-8(16)2-4-9/h1-7H,(H,17,20)(H,18,21). The van der Waals surface area contributed by atoms with Gasteiger partial charge in [-0.25, -0.2) is 0 Å². The largest absolute Gasteiger partial charge is 0.318 e. The van der Waals surface area contributed by atoms with E-state index in [4.69, 9.17) is 11.6 Å². The van der Waals surface area contributed by atoms with E-state index in [1.54, 1.807) is 24.3 Å². The van der Waals surface area contributed by atoms with Crippen molar-refractivity contribution in [2.24, 2.45) is 0 Å². The maximum absolute atomic E-state index is 11.8. The average Bonchev–Trinajstić information content (AvgIpc) is 2.51. The van der Waals surface area contributed by atoms with Crippen molar-refractivity contribution in [3.05, 3.63) is 61.2 Å². The number of halogens is 2. The van der Waals surface area contributed by atoms with Crippen molar-refractivity contribution in [2.75, 3.05) is 10.6 Å². The van der Waals surface area contributed by atoms with Crippen molar-refractivity contribution in [2.45, 2.75) is 0 Å². The molecule has 0 radical (unpaired) electrons. The molecule has 0 saturated carbocycles. The van der Waals surface area contributed by atoms with Gasteiger partial charge in [0.2, 0.25) is 0 Å². The van der Waals surface area contributed by atoms with Gasteiger partial charge in [-0.05, 0) is 59.0 Å². The van der Waals surface area contributed by atoms with E-state index < -0.39 is 16.7 Å². The van der Waals surface area contributed by atoms with Crippen LogP contribution in [0.25, 0.3) is 0 Å². The predicted octanol–water partition coefficient (Wildman–Crippen LogP) is 3.43. The lowest BCUT2D eigenvalue weighted by molar-refractivity contribution is -0.384. The first-order chi connectivity index (χ1) is 10.9. The Morgan fingerprint density at radius 1 is 1.00 bits per heavy atom. The van der Waals surface area contributed by atoms with Crippen LogP contribution in [0.15, 0.2) is 42.5 Å². The number of rotatable bonds is 3. The summed E-state index contributed by atoms with van der Waals surface area (Å²) in [6, 6.07) is 10.6. The minimum absolute atomic E-state index is 0.0589. The fraction of sp³-hybridized carbons (Fsp3) is 0. The third-order valence-corrected chi connectivity index (χ3v) is 3.75. The Kier molecular flexibility index (Phi) is 5.50. The molecule has 2 rings (SSSR count). The van der Waals surface area contributed by atoms with Gasteiger partial charge in [-0.2, -0.15) is 0 Å². The highest BCUT2D eigenvalue weighted by Gasteiger charge is 2.17. The van der Waals surface area contributed by atoms with Crippen molar-refractivity contribution in [1.29, 1.82) is 0 Å². The molecule has 0 bridgehead atoms. The first kappa shape index (κ1) is 17.2. The van der Waals surface area contributed by atoms with Crippen molar-refractivity contribution >= 4 is 63.1 Å². The molecule has 0 aliphatic heterocycles. The molecular formula is C14H9ClIN3O4. The van der Waals surface area contributed by atoms with E-state index >= 15 is 0 Å². The molecule has 0 atom stereocenters. The van der Waals surface area contributed by atoms with Crippen LogP contribution in [0.5, 0.6) is 0 Å². The molecule has 23 heavy (non-hydrogen) atoms. The summed E-state index contributed by atoms with van der Waals surface area (Å²) in [6.07, 6.45) is 0. The zero-order chi connectivity index (χ0) is 17.0. The summed E-state index contributed by atoms with van der Waals surface area (Å²) >= 11 is 7.79. The quantitative estimate of drug-likeness (QED) is 0.327. The van der Waals surface area contributed by atoms with E-state index in [-0.39, 0.29) is 16.4 Å². The second-order valence-electron chi connectivity index (χ2n) is 4.34. The third-order valence-electron chi connectivity index (χ3n) is 2.71. The topological polar surface area (TPSA) is 101 Å². The Labute approximate surface area is 149 Å². The van der Waals surface area contributed by atoms with Gasteiger partial charge >= 0.3 is 11.8 Å². The van der Waals surface area contributed by atoms with E-state index in [1.807, 2.05) is 0 Å². The van der Waals surface area contributed by atoms with Gasteiger partial charge in [0.15, 0.2) is 0 Å². The fourth-order valence-electron chi connectivity index (χ4n) is 1.64. The molecule has 0 fully saturated rings. The molecule has 0 aliphatic rings. The maximum Gasteiger partial charge on any atom is 0.314 e. The van der Waals surface area contributed by atoms with Crippen LogP contribution >= 0.6 is 34.2 Å². The zero-order valence-corrected chi connectivity index (χ0v) is 14.3. The zero-order valence-electron chi connectivity index (χ0n) is 11.4. The number of hydrogen-bond acceptors (Lipinski definition) is 4. The molecule has 9 heteroatoms. The summed E-state index contributed by atoms with van der Waals surface area (Å²) in [7, 11) is 0. The van der Waals surface area contributed by atoms with Gasteiger partial charge in [-0.15, -0.1) is 0 Å². The molecule has 7 nitrogen and oxygen atoms in total. The highest BCUT2D eigenvalue weighted by atomic mass is 127. The van der Waals surface area contributed by atoms with Crippen LogP contribution in [0.1, 0.15) is 0 Å². The van der Waals surface area contributed by atoms with Crippen molar-refractivity contribution in [3.63, 3.8) is 0 Å². The fourth-order valence-corrected chi connectivity index (χ4v) is 2.19. The number of nitro groups is 1. The maximum atomic E-state index is 11.8. The summed E-state index contributed by atoms with van der Waals surface area (Å²) in [5.74, 6) is -1.83. The smallest absolute Gasteiger partial charge is 0.314 e. The van der Waals surface area contributed by atoms with Gasteiger partial charge in [0, 0.05) is 21.0 Å². The summed E-state index contributed by atoms with van der Waals surface area (Å²) in [5.41, 5.74) is 0.207. The van der Waals surface area contributed by atoms with Gasteiger partial charge in [0.1, 0.15) is 5.02 Å². The summed E-state index contributed by atoms with van der Waals surface area (Å²) in [6.45, 7) is 0. The number of hydrogen-bond donors (Lipinski definition) is 2. The molecule has 0 aliphatic carbocycles. The Bertz CT molecular complexity index is 780. The van der Waals surface area contributed by atoms with Gasteiger partial charge in [0.05, 0.1) is 4.92 Å². The minimum Gasteiger partial charge on any atom is -0.318 e. The van der Waals surface area contributed by atoms with Crippen LogP contribution in [0.3, 0.4) is 0 Å². The van der Waals surface area contributed by atoms with Crippen LogP contribution < -0.4 is 10.6 Å². The monoisotopic (exact) mass is 445 g/mol. The Balaban J connectivity index is 2.06. The number of anilines is 2. The highest BCUT2D eigenvalue weighted by Crippen LogP contribution is 2.27. The van der Waals surface area contributed by atoms with E-state index in [0.29, 0.717) is 5.69 Å². The molecular weight excluding hydrogens is 437 g/mol. The first-order valence-corrected chi connectivity index (χ1v) is 7.64. The summed E-state index contributed by atoms with van der Waals surface area (Å²) < 4.78 is 0.985. The van der Waals surface area contributed by atoms with Gasteiger partial charge in [0.25, 0.3) is 5.69 Å².